The molecule has 2 saturated heterocycles. The van der Waals surface area contributed by atoms with Gasteiger partial charge >= 0.3 is 0 Å². The lowest BCUT2D eigenvalue weighted by Crippen LogP contribution is -2.43. The smallest absolute Gasteiger partial charge is 0.267 e. The van der Waals surface area contributed by atoms with Crippen LogP contribution in [0.5, 0.6) is 0 Å². The molecule has 41 heavy (non-hydrogen) atoms. The molecule has 0 spiro atoms. The van der Waals surface area contributed by atoms with Crippen LogP contribution in [-0.4, -0.2) is 65.2 Å². The quantitative estimate of drug-likeness (QED) is 0.329. The van der Waals surface area contributed by atoms with E-state index >= 15 is 4.39 Å². The van der Waals surface area contributed by atoms with E-state index in [0.29, 0.717) is 27.4 Å². The summed E-state index contributed by atoms with van der Waals surface area (Å²) in [5.74, 6) is 0.851. The van der Waals surface area contributed by atoms with Gasteiger partial charge in [-0.2, -0.15) is 4.98 Å². The fourth-order valence-electron chi connectivity index (χ4n) is 6.83. The summed E-state index contributed by atoms with van der Waals surface area (Å²) in [6.45, 7) is 9.42. The summed E-state index contributed by atoms with van der Waals surface area (Å²) in [4.78, 5) is 27.2. The van der Waals surface area contributed by atoms with Crippen molar-refractivity contribution in [2.24, 2.45) is 5.92 Å². The molecule has 2 aromatic heterocycles. The summed E-state index contributed by atoms with van der Waals surface area (Å²) in [6, 6.07) is 5.42. The number of nitrogens with zero attached hydrogens (tertiary/aromatic N) is 5. The van der Waals surface area contributed by atoms with Gasteiger partial charge in [0.1, 0.15) is 11.5 Å². The van der Waals surface area contributed by atoms with Gasteiger partial charge < -0.3 is 20.4 Å². The van der Waals surface area contributed by atoms with Crippen molar-refractivity contribution in [3.05, 3.63) is 50.6 Å². The lowest BCUT2D eigenvalue weighted by molar-refractivity contribution is 0.227. The Hall–Kier alpha value is -2.56. The summed E-state index contributed by atoms with van der Waals surface area (Å²) < 4.78 is 17.7. The van der Waals surface area contributed by atoms with Crippen molar-refractivity contribution in [3.8, 4) is 0 Å². The minimum atomic E-state index is -0.240. The number of hydrogen-bond acceptors (Lipinski definition) is 7. The minimum absolute atomic E-state index is 0.0507. The third-order valence-corrected chi connectivity index (χ3v) is 10.2. The van der Waals surface area contributed by atoms with Crippen LogP contribution in [0.2, 0.25) is 0 Å². The number of anilines is 3. The van der Waals surface area contributed by atoms with E-state index in [1.165, 1.54) is 25.5 Å². The topological polar surface area (TPSA) is 78.3 Å². The first-order valence-electron chi connectivity index (χ1n) is 15.3. The predicted molar refractivity (Wildman–Crippen MR) is 167 cm³/mol. The highest BCUT2D eigenvalue weighted by Gasteiger charge is 2.25. The number of benzene rings is 1. The number of aryl methyl sites for hydroxylation is 1. The lowest BCUT2D eigenvalue weighted by Gasteiger charge is -2.34. The molecule has 1 saturated carbocycles. The van der Waals surface area contributed by atoms with Gasteiger partial charge in [-0.05, 0) is 97.6 Å². The van der Waals surface area contributed by atoms with E-state index in [1.54, 1.807) is 6.20 Å². The van der Waals surface area contributed by atoms with Gasteiger partial charge in [0.05, 0.1) is 10.2 Å². The van der Waals surface area contributed by atoms with Gasteiger partial charge in [-0.1, -0.05) is 12.8 Å². The fourth-order valence-corrected chi connectivity index (χ4v) is 7.24. The SMILES string of the molecule is Cc1c(Br)c(=O)n(C2CCCC2)c2nc(Nc3ccc(N4CCC(CCCN5CCNCC5)CC4)c(F)c3)ncc12. The summed E-state index contributed by atoms with van der Waals surface area (Å²) in [5, 5.41) is 7.45. The Kier molecular flexibility index (Phi) is 8.88. The predicted octanol–water partition coefficient (Wildman–Crippen LogP) is 5.76. The van der Waals surface area contributed by atoms with E-state index < -0.39 is 0 Å². The molecule has 0 amide bonds. The first-order chi connectivity index (χ1) is 20.0. The van der Waals surface area contributed by atoms with Crippen LogP contribution in [0.15, 0.2) is 33.7 Å². The van der Waals surface area contributed by atoms with E-state index in [9.17, 15) is 4.79 Å². The molecule has 0 unspecified atom stereocenters. The van der Waals surface area contributed by atoms with Crippen molar-refractivity contribution < 1.29 is 4.39 Å². The molecule has 6 rings (SSSR count). The van der Waals surface area contributed by atoms with Crippen molar-refractivity contribution in [1.82, 2.24) is 24.8 Å². The number of piperazine rings is 1. The second-order valence-corrected chi connectivity index (χ2v) is 12.7. The van der Waals surface area contributed by atoms with Crippen LogP contribution in [0.4, 0.5) is 21.7 Å². The van der Waals surface area contributed by atoms with Crippen LogP contribution in [-0.2, 0) is 0 Å². The van der Waals surface area contributed by atoms with Crippen molar-refractivity contribution in [1.29, 1.82) is 0 Å². The molecule has 220 valence electrons. The first kappa shape index (κ1) is 28.6. The maximum Gasteiger partial charge on any atom is 0.267 e. The Morgan fingerprint density at radius 3 is 2.59 bits per heavy atom. The van der Waals surface area contributed by atoms with Crippen molar-refractivity contribution in [2.75, 3.05) is 56.0 Å². The normalized spacial score (nSPS) is 19.3. The molecular weight excluding hydrogens is 585 g/mol. The van der Waals surface area contributed by atoms with E-state index in [0.717, 1.165) is 94.7 Å². The van der Waals surface area contributed by atoms with Gasteiger partial charge in [0.15, 0.2) is 0 Å². The Morgan fingerprint density at radius 2 is 1.85 bits per heavy atom. The number of hydrogen-bond donors (Lipinski definition) is 2. The molecule has 10 heteroatoms. The number of halogens is 2. The Morgan fingerprint density at radius 1 is 1.10 bits per heavy atom. The zero-order valence-corrected chi connectivity index (χ0v) is 25.6. The van der Waals surface area contributed by atoms with Crippen LogP contribution in [0, 0.1) is 18.7 Å². The summed E-state index contributed by atoms with van der Waals surface area (Å²) in [5.41, 5.74) is 2.67. The van der Waals surface area contributed by atoms with E-state index in [1.807, 2.05) is 23.6 Å². The van der Waals surface area contributed by atoms with Crippen LogP contribution in [0.25, 0.3) is 11.0 Å². The Bertz CT molecular complexity index is 1430. The molecular formula is C31H41BrFN7O. The molecule has 3 aromatic rings. The summed E-state index contributed by atoms with van der Waals surface area (Å²) in [7, 11) is 0. The monoisotopic (exact) mass is 625 g/mol. The molecule has 1 aliphatic carbocycles. The van der Waals surface area contributed by atoms with Gasteiger partial charge in [-0.15, -0.1) is 0 Å². The summed E-state index contributed by atoms with van der Waals surface area (Å²) >= 11 is 3.49. The number of nitrogens with one attached hydrogen (secondary N) is 2. The average molecular weight is 627 g/mol. The van der Waals surface area contributed by atoms with Crippen molar-refractivity contribution >= 4 is 44.3 Å². The maximum absolute atomic E-state index is 15.3. The molecule has 2 aliphatic heterocycles. The van der Waals surface area contributed by atoms with Gasteiger partial charge in [0, 0.05) is 62.6 Å². The zero-order chi connectivity index (χ0) is 28.3. The molecule has 0 radical (unpaired) electrons. The van der Waals surface area contributed by atoms with Crippen LogP contribution < -0.4 is 21.1 Å². The van der Waals surface area contributed by atoms with Gasteiger partial charge in [-0.25, -0.2) is 9.37 Å². The molecule has 8 nitrogen and oxygen atoms in total. The van der Waals surface area contributed by atoms with Gasteiger partial charge in [0.25, 0.3) is 5.56 Å². The molecule has 4 heterocycles. The number of piperidine rings is 1. The van der Waals surface area contributed by atoms with Crippen LogP contribution >= 0.6 is 15.9 Å². The van der Waals surface area contributed by atoms with Gasteiger partial charge in [0.2, 0.25) is 5.95 Å². The minimum Gasteiger partial charge on any atom is -0.369 e. The highest BCUT2D eigenvalue weighted by Crippen LogP contribution is 2.33. The average Bonchev–Trinajstić information content (AvgIpc) is 3.52. The van der Waals surface area contributed by atoms with Crippen LogP contribution in [0.3, 0.4) is 0 Å². The van der Waals surface area contributed by atoms with E-state index in [2.05, 4.69) is 41.3 Å². The molecule has 3 fully saturated rings. The molecule has 3 aliphatic rings. The van der Waals surface area contributed by atoms with Crippen LogP contribution in [0.1, 0.15) is 63.0 Å². The van der Waals surface area contributed by atoms with Crippen molar-refractivity contribution in [2.45, 2.75) is 64.3 Å². The molecule has 2 N–H and O–H groups in total. The third kappa shape index (κ3) is 6.29. The van der Waals surface area contributed by atoms with E-state index in [-0.39, 0.29) is 17.4 Å². The van der Waals surface area contributed by atoms with Gasteiger partial charge in [-0.3, -0.25) is 9.36 Å². The number of fused-ring (bicyclic) bond motifs is 1. The molecule has 0 atom stereocenters. The van der Waals surface area contributed by atoms with E-state index in [4.69, 9.17) is 4.98 Å². The highest BCUT2D eigenvalue weighted by atomic mass is 79.9. The third-order valence-electron chi connectivity index (χ3n) is 9.28. The highest BCUT2D eigenvalue weighted by molar-refractivity contribution is 9.10. The second-order valence-electron chi connectivity index (χ2n) is 11.9. The second kappa shape index (κ2) is 12.8. The lowest BCUT2D eigenvalue weighted by atomic mass is 9.91. The molecule has 0 bridgehead atoms. The first-order valence-corrected chi connectivity index (χ1v) is 16.1. The number of aromatic nitrogens is 3. The van der Waals surface area contributed by atoms with Crippen molar-refractivity contribution in [3.63, 3.8) is 0 Å². The number of rotatable bonds is 8. The number of pyridine rings is 1. The largest absolute Gasteiger partial charge is 0.369 e. The summed E-state index contributed by atoms with van der Waals surface area (Å²) in [6.07, 6.45) is 10.7. The fraction of sp³-hybridized carbons (Fsp3) is 0.581. The zero-order valence-electron chi connectivity index (χ0n) is 24.0. The Balaban J connectivity index is 1.10. The standard InChI is InChI=1S/C31H41BrFN7O/c1-21-25-20-35-31(37-29(25)40(30(41)28(21)32)24-6-2-3-7-24)36-23-8-9-27(26(33)19-23)39-15-10-22(11-16-39)5-4-14-38-17-12-34-13-18-38/h8-9,19-20,22,24,34H,2-7,10-18H2,1H3,(H,35,36,37). The maximum atomic E-state index is 15.3. The Labute approximate surface area is 249 Å². The molecule has 1 aromatic carbocycles.